The number of halogens is 1. The molecule has 20 heavy (non-hydrogen) atoms. The second-order valence-corrected chi connectivity index (χ2v) is 5.86. The zero-order valence-electron chi connectivity index (χ0n) is 11.8. The summed E-state index contributed by atoms with van der Waals surface area (Å²) in [4.78, 5) is 4.79. The van der Waals surface area contributed by atoms with Gasteiger partial charge in [-0.3, -0.25) is 9.80 Å². The molecule has 3 rings (SSSR count). The molecule has 2 saturated heterocycles. The smallest absolute Gasteiger partial charge is 0.124 e. The number of hydrogen-bond donors (Lipinski definition) is 0. The molecular formula is C16H20FN3. The first kappa shape index (κ1) is 13.5. The van der Waals surface area contributed by atoms with E-state index in [-0.39, 0.29) is 11.9 Å². The summed E-state index contributed by atoms with van der Waals surface area (Å²) in [6.07, 6.45) is 2.50. The summed E-state index contributed by atoms with van der Waals surface area (Å²) in [5.41, 5.74) is 1.81. The lowest BCUT2D eigenvalue weighted by molar-refractivity contribution is 0.0874. The summed E-state index contributed by atoms with van der Waals surface area (Å²) < 4.78 is 13.2. The van der Waals surface area contributed by atoms with E-state index in [2.05, 4.69) is 15.9 Å². The van der Waals surface area contributed by atoms with E-state index >= 15 is 0 Å². The number of piperazine rings is 1. The highest BCUT2D eigenvalue weighted by molar-refractivity contribution is 5.33. The minimum Gasteiger partial charge on any atom is -0.298 e. The molecule has 0 radical (unpaired) electrons. The third-order valence-corrected chi connectivity index (χ3v) is 4.63. The molecule has 1 aromatic carbocycles. The second-order valence-electron chi connectivity index (χ2n) is 5.86. The number of fused-ring (bicyclic) bond motifs is 1. The number of nitriles is 1. The third kappa shape index (κ3) is 2.44. The van der Waals surface area contributed by atoms with E-state index in [1.165, 1.54) is 31.5 Å². The molecule has 0 aromatic heterocycles. The fourth-order valence-corrected chi connectivity index (χ4v) is 3.54. The molecular weight excluding hydrogens is 253 g/mol. The molecule has 106 valence electrons. The lowest BCUT2D eigenvalue weighted by Gasteiger charge is -2.39. The van der Waals surface area contributed by atoms with Crippen molar-refractivity contribution in [3.8, 4) is 6.07 Å². The molecule has 4 heteroatoms. The topological polar surface area (TPSA) is 30.3 Å². The maximum Gasteiger partial charge on any atom is 0.124 e. The summed E-state index contributed by atoms with van der Waals surface area (Å²) in [5, 5.41) is 9.57. The molecule has 0 amide bonds. The van der Waals surface area contributed by atoms with Gasteiger partial charge >= 0.3 is 0 Å². The van der Waals surface area contributed by atoms with Crippen LogP contribution in [0.4, 0.5) is 4.39 Å². The van der Waals surface area contributed by atoms with E-state index in [9.17, 15) is 9.65 Å². The zero-order valence-corrected chi connectivity index (χ0v) is 11.8. The summed E-state index contributed by atoms with van der Waals surface area (Å²) in [6.45, 7) is 6.00. The van der Waals surface area contributed by atoms with Gasteiger partial charge in [-0.2, -0.15) is 5.26 Å². The predicted octanol–water partition coefficient (Wildman–Crippen LogP) is 2.48. The van der Waals surface area contributed by atoms with Gasteiger partial charge in [0.1, 0.15) is 11.9 Å². The first-order valence-electron chi connectivity index (χ1n) is 7.33. The van der Waals surface area contributed by atoms with Crippen LogP contribution in [0.1, 0.15) is 30.0 Å². The van der Waals surface area contributed by atoms with Crippen LogP contribution >= 0.6 is 0 Å². The average molecular weight is 273 g/mol. The van der Waals surface area contributed by atoms with Gasteiger partial charge in [0.05, 0.1) is 6.07 Å². The Hall–Kier alpha value is -1.44. The van der Waals surface area contributed by atoms with Gasteiger partial charge in [-0.05, 0) is 49.6 Å². The van der Waals surface area contributed by atoms with Gasteiger partial charge in [0.15, 0.2) is 0 Å². The Labute approximate surface area is 119 Å². The van der Waals surface area contributed by atoms with Crippen LogP contribution in [-0.4, -0.2) is 42.0 Å². The minimum atomic E-state index is -0.252. The number of hydrogen-bond acceptors (Lipinski definition) is 3. The van der Waals surface area contributed by atoms with E-state index in [4.69, 9.17) is 0 Å². The van der Waals surface area contributed by atoms with Gasteiger partial charge < -0.3 is 0 Å². The standard InChI is InChI=1S/C16H20FN3/c1-12-9-13(17)4-5-15(12)16(10-18)20-8-7-19-6-2-3-14(19)11-20/h4-5,9,14,16H,2-3,6-8,11H2,1H3/t14-,16?/m1/s1. The van der Waals surface area contributed by atoms with Crippen molar-refractivity contribution in [1.82, 2.24) is 9.80 Å². The number of nitrogens with zero attached hydrogens (tertiary/aromatic N) is 3. The van der Waals surface area contributed by atoms with Crippen LogP contribution in [-0.2, 0) is 0 Å². The highest BCUT2D eigenvalue weighted by atomic mass is 19.1. The van der Waals surface area contributed by atoms with Crippen molar-refractivity contribution < 1.29 is 4.39 Å². The minimum absolute atomic E-state index is 0.233. The van der Waals surface area contributed by atoms with Crippen LogP contribution in [0.5, 0.6) is 0 Å². The molecule has 2 aliphatic heterocycles. The average Bonchev–Trinajstić information content (AvgIpc) is 2.89. The highest BCUT2D eigenvalue weighted by Gasteiger charge is 2.34. The van der Waals surface area contributed by atoms with Crippen LogP contribution in [0, 0.1) is 24.1 Å². The van der Waals surface area contributed by atoms with Gasteiger partial charge in [-0.15, -0.1) is 0 Å². The van der Waals surface area contributed by atoms with Crippen molar-refractivity contribution in [3.05, 3.63) is 35.1 Å². The molecule has 0 N–H and O–H groups in total. The molecule has 0 spiro atoms. The van der Waals surface area contributed by atoms with E-state index in [1.54, 1.807) is 6.07 Å². The number of aryl methyl sites for hydroxylation is 1. The summed E-state index contributed by atoms with van der Waals surface area (Å²) in [7, 11) is 0. The van der Waals surface area contributed by atoms with Crippen molar-refractivity contribution in [3.63, 3.8) is 0 Å². The zero-order chi connectivity index (χ0) is 14.1. The van der Waals surface area contributed by atoms with Crippen molar-refractivity contribution in [2.45, 2.75) is 31.8 Å². The van der Waals surface area contributed by atoms with Gasteiger partial charge in [0.2, 0.25) is 0 Å². The Morgan fingerprint density at radius 2 is 2.20 bits per heavy atom. The van der Waals surface area contributed by atoms with Crippen LogP contribution in [0.2, 0.25) is 0 Å². The van der Waals surface area contributed by atoms with Crippen LogP contribution in [0.25, 0.3) is 0 Å². The van der Waals surface area contributed by atoms with Crippen LogP contribution in [0.3, 0.4) is 0 Å². The summed E-state index contributed by atoms with van der Waals surface area (Å²) >= 11 is 0. The molecule has 0 bridgehead atoms. The van der Waals surface area contributed by atoms with Gasteiger partial charge in [-0.25, -0.2) is 4.39 Å². The van der Waals surface area contributed by atoms with Crippen molar-refractivity contribution in [2.24, 2.45) is 0 Å². The Kier molecular flexibility index (Phi) is 3.73. The van der Waals surface area contributed by atoms with E-state index in [0.717, 1.165) is 30.8 Å². The normalized spacial score (nSPS) is 25.1. The van der Waals surface area contributed by atoms with E-state index in [1.807, 2.05) is 6.92 Å². The Morgan fingerprint density at radius 1 is 1.35 bits per heavy atom. The molecule has 3 nitrogen and oxygen atoms in total. The Morgan fingerprint density at radius 3 is 2.95 bits per heavy atom. The lowest BCUT2D eigenvalue weighted by Crippen LogP contribution is -2.50. The first-order valence-corrected chi connectivity index (χ1v) is 7.33. The third-order valence-electron chi connectivity index (χ3n) is 4.63. The van der Waals surface area contributed by atoms with Gasteiger partial charge in [-0.1, -0.05) is 6.07 Å². The predicted molar refractivity (Wildman–Crippen MR) is 75.7 cm³/mol. The van der Waals surface area contributed by atoms with Crippen LogP contribution in [0.15, 0.2) is 18.2 Å². The maximum atomic E-state index is 13.2. The van der Waals surface area contributed by atoms with Gasteiger partial charge in [0, 0.05) is 25.7 Å². The van der Waals surface area contributed by atoms with E-state index in [0.29, 0.717) is 6.04 Å². The largest absolute Gasteiger partial charge is 0.298 e. The van der Waals surface area contributed by atoms with Crippen molar-refractivity contribution >= 4 is 0 Å². The monoisotopic (exact) mass is 273 g/mol. The fraction of sp³-hybridized carbons (Fsp3) is 0.562. The molecule has 1 unspecified atom stereocenters. The molecule has 0 aliphatic carbocycles. The first-order chi connectivity index (χ1) is 9.69. The SMILES string of the molecule is Cc1cc(F)ccc1C(C#N)N1CCN2CCC[C@@H]2C1. The molecule has 0 saturated carbocycles. The number of rotatable bonds is 2. The van der Waals surface area contributed by atoms with E-state index < -0.39 is 0 Å². The van der Waals surface area contributed by atoms with Crippen molar-refractivity contribution in [1.29, 1.82) is 5.26 Å². The molecule has 2 heterocycles. The molecule has 1 aromatic rings. The Bertz CT molecular complexity index is 537. The van der Waals surface area contributed by atoms with Gasteiger partial charge in [0.25, 0.3) is 0 Å². The quantitative estimate of drug-likeness (QED) is 0.829. The molecule has 2 fully saturated rings. The molecule has 2 aliphatic rings. The summed E-state index contributed by atoms with van der Waals surface area (Å²) in [5.74, 6) is -0.233. The number of benzene rings is 1. The molecule has 2 atom stereocenters. The highest BCUT2D eigenvalue weighted by Crippen LogP contribution is 2.29. The van der Waals surface area contributed by atoms with Crippen LogP contribution < -0.4 is 0 Å². The lowest BCUT2D eigenvalue weighted by atomic mass is 9.99. The second kappa shape index (κ2) is 5.51. The Balaban J connectivity index is 1.81. The summed E-state index contributed by atoms with van der Waals surface area (Å²) in [6, 6.07) is 7.50. The fourth-order valence-electron chi connectivity index (χ4n) is 3.54. The van der Waals surface area contributed by atoms with Crippen molar-refractivity contribution in [2.75, 3.05) is 26.2 Å². The maximum absolute atomic E-state index is 13.2.